The molecule has 22 heavy (non-hydrogen) atoms. The van der Waals surface area contributed by atoms with E-state index >= 15 is 0 Å². The van der Waals surface area contributed by atoms with Crippen molar-refractivity contribution in [1.82, 2.24) is 10.1 Å². The number of amides is 2. The molecular formula is C15H24N4O3. The van der Waals surface area contributed by atoms with E-state index in [2.05, 4.69) is 17.4 Å². The molecule has 0 aromatic carbocycles. The van der Waals surface area contributed by atoms with Crippen LogP contribution in [0.15, 0.2) is 10.6 Å². The van der Waals surface area contributed by atoms with Crippen molar-refractivity contribution in [3.63, 3.8) is 0 Å². The second-order valence-electron chi connectivity index (χ2n) is 5.85. The maximum absolute atomic E-state index is 12.5. The van der Waals surface area contributed by atoms with E-state index in [1.807, 2.05) is 4.90 Å². The number of anilines is 1. The van der Waals surface area contributed by atoms with Gasteiger partial charge in [0.05, 0.1) is 12.0 Å². The lowest BCUT2D eigenvalue weighted by atomic mass is 10.1. The zero-order chi connectivity index (χ0) is 16.1. The molecule has 1 fully saturated rings. The van der Waals surface area contributed by atoms with E-state index in [-0.39, 0.29) is 23.8 Å². The number of nitrogens with zero attached hydrogens (tertiary/aromatic N) is 2. The van der Waals surface area contributed by atoms with Gasteiger partial charge in [-0.1, -0.05) is 24.9 Å². The fourth-order valence-electron chi connectivity index (χ4n) is 2.81. The molecule has 1 aromatic rings. The van der Waals surface area contributed by atoms with Crippen molar-refractivity contribution in [3.8, 4) is 0 Å². The van der Waals surface area contributed by atoms with E-state index in [1.165, 1.54) is 0 Å². The predicted molar refractivity (Wildman–Crippen MR) is 82.1 cm³/mol. The molecule has 0 radical (unpaired) electrons. The van der Waals surface area contributed by atoms with E-state index in [9.17, 15) is 9.59 Å². The molecule has 0 aliphatic carbocycles. The number of likely N-dealkylation sites (tertiary alicyclic amines) is 1. The third-order valence-corrected chi connectivity index (χ3v) is 4.08. The first-order valence-corrected chi connectivity index (χ1v) is 7.78. The minimum Gasteiger partial charge on any atom is -0.369 e. The molecule has 0 saturated carbocycles. The van der Waals surface area contributed by atoms with Crippen molar-refractivity contribution in [2.75, 3.05) is 18.4 Å². The molecule has 122 valence electrons. The van der Waals surface area contributed by atoms with Gasteiger partial charge >= 0.3 is 0 Å². The molecule has 2 rings (SSSR count). The first-order chi connectivity index (χ1) is 10.5. The topological polar surface area (TPSA) is 101 Å². The Labute approximate surface area is 130 Å². The highest BCUT2D eigenvalue weighted by Gasteiger charge is 2.34. The second kappa shape index (κ2) is 7.40. The molecule has 1 aliphatic heterocycles. The summed E-state index contributed by atoms with van der Waals surface area (Å²) in [4.78, 5) is 25.9. The summed E-state index contributed by atoms with van der Waals surface area (Å²) in [6.45, 7) is 5.13. The summed E-state index contributed by atoms with van der Waals surface area (Å²) in [7, 11) is 0. The van der Waals surface area contributed by atoms with E-state index in [4.69, 9.17) is 10.3 Å². The lowest BCUT2D eigenvalue weighted by Crippen LogP contribution is -2.43. The Morgan fingerprint density at radius 1 is 1.59 bits per heavy atom. The average molecular weight is 308 g/mol. The van der Waals surface area contributed by atoms with Crippen LogP contribution in [-0.2, 0) is 9.59 Å². The summed E-state index contributed by atoms with van der Waals surface area (Å²) >= 11 is 0. The van der Waals surface area contributed by atoms with Crippen molar-refractivity contribution >= 4 is 17.6 Å². The molecule has 1 aliphatic rings. The van der Waals surface area contributed by atoms with Gasteiger partial charge < -0.3 is 15.6 Å². The van der Waals surface area contributed by atoms with Crippen LogP contribution in [-0.4, -0.2) is 41.0 Å². The number of primary amides is 1. The van der Waals surface area contributed by atoms with Crippen molar-refractivity contribution < 1.29 is 14.1 Å². The van der Waals surface area contributed by atoms with Gasteiger partial charge in [-0.05, 0) is 26.3 Å². The molecule has 0 bridgehead atoms. The third kappa shape index (κ3) is 4.07. The highest BCUT2D eigenvalue weighted by atomic mass is 16.5. The number of nitrogens with one attached hydrogen (secondary N) is 1. The normalized spacial score (nSPS) is 20.0. The van der Waals surface area contributed by atoms with Crippen LogP contribution in [0.5, 0.6) is 0 Å². The monoisotopic (exact) mass is 308 g/mol. The smallest absolute Gasteiger partial charge is 0.242 e. The van der Waals surface area contributed by atoms with Gasteiger partial charge in [0.1, 0.15) is 5.76 Å². The highest BCUT2D eigenvalue weighted by Crippen LogP contribution is 2.22. The van der Waals surface area contributed by atoms with Gasteiger partial charge in [0.25, 0.3) is 0 Å². The van der Waals surface area contributed by atoms with Gasteiger partial charge in [-0.3, -0.25) is 14.5 Å². The Morgan fingerprint density at radius 2 is 2.36 bits per heavy atom. The van der Waals surface area contributed by atoms with Gasteiger partial charge in [0.2, 0.25) is 11.8 Å². The number of hydrogen-bond donors (Lipinski definition) is 2. The Morgan fingerprint density at radius 3 is 2.91 bits per heavy atom. The molecule has 1 saturated heterocycles. The first-order valence-electron chi connectivity index (χ1n) is 7.78. The summed E-state index contributed by atoms with van der Waals surface area (Å²) in [6.07, 6.45) is 3.44. The molecule has 7 heteroatoms. The van der Waals surface area contributed by atoms with Crippen LogP contribution in [0.25, 0.3) is 0 Å². The summed E-state index contributed by atoms with van der Waals surface area (Å²) in [6, 6.07) is 1.42. The number of aryl methyl sites for hydroxylation is 1. The minimum absolute atomic E-state index is 0.105. The predicted octanol–water partition coefficient (Wildman–Crippen LogP) is 1.29. The Bertz CT molecular complexity index is 529. The standard InChI is InChI=1S/C15H24N4O3/c1-3-4-5-12(19-7-6-11(9-19)14(16)20)15(21)17-13-8-10(2)22-18-13/h8,11-12H,3-7,9H2,1-2H3,(H2,16,20)(H,17,18,21)/t11-,12-/m0/s1. The van der Waals surface area contributed by atoms with Crippen molar-refractivity contribution in [3.05, 3.63) is 11.8 Å². The number of aromatic nitrogens is 1. The van der Waals surface area contributed by atoms with Crippen molar-refractivity contribution in [1.29, 1.82) is 0 Å². The maximum atomic E-state index is 12.5. The zero-order valence-corrected chi connectivity index (χ0v) is 13.2. The maximum Gasteiger partial charge on any atom is 0.242 e. The van der Waals surface area contributed by atoms with Crippen LogP contribution >= 0.6 is 0 Å². The largest absolute Gasteiger partial charge is 0.369 e. The Balaban J connectivity index is 2.02. The lowest BCUT2D eigenvalue weighted by molar-refractivity contribution is -0.123. The lowest BCUT2D eigenvalue weighted by Gasteiger charge is -2.26. The number of nitrogens with two attached hydrogens (primary N) is 1. The summed E-state index contributed by atoms with van der Waals surface area (Å²) < 4.78 is 4.96. The van der Waals surface area contributed by atoms with Crippen LogP contribution in [0.2, 0.25) is 0 Å². The molecule has 2 amide bonds. The second-order valence-corrected chi connectivity index (χ2v) is 5.85. The molecule has 2 heterocycles. The molecule has 0 spiro atoms. The van der Waals surface area contributed by atoms with E-state index in [1.54, 1.807) is 13.0 Å². The SMILES string of the molecule is CCCC[C@@H](C(=O)Nc1cc(C)on1)N1CC[C@H](C(N)=O)C1. The van der Waals surface area contributed by atoms with Crippen LogP contribution in [0.1, 0.15) is 38.4 Å². The number of unbranched alkanes of at least 4 members (excludes halogenated alkanes) is 1. The van der Waals surface area contributed by atoms with Crippen LogP contribution in [0.3, 0.4) is 0 Å². The van der Waals surface area contributed by atoms with E-state index < -0.39 is 0 Å². The van der Waals surface area contributed by atoms with E-state index in [0.29, 0.717) is 31.1 Å². The fourth-order valence-corrected chi connectivity index (χ4v) is 2.81. The molecule has 1 aromatic heterocycles. The summed E-state index contributed by atoms with van der Waals surface area (Å²) in [5.41, 5.74) is 5.37. The highest BCUT2D eigenvalue weighted by molar-refractivity contribution is 5.94. The van der Waals surface area contributed by atoms with Gasteiger partial charge in [0, 0.05) is 12.6 Å². The van der Waals surface area contributed by atoms with E-state index in [0.717, 1.165) is 19.3 Å². The summed E-state index contributed by atoms with van der Waals surface area (Å²) in [5, 5.41) is 6.58. The number of hydrogen-bond acceptors (Lipinski definition) is 5. The number of carbonyl (C=O) groups is 2. The van der Waals surface area contributed by atoms with Crippen molar-refractivity contribution in [2.45, 2.75) is 45.6 Å². The fraction of sp³-hybridized carbons (Fsp3) is 0.667. The van der Waals surface area contributed by atoms with Gasteiger partial charge in [0.15, 0.2) is 5.82 Å². The van der Waals surface area contributed by atoms with Gasteiger partial charge in [-0.15, -0.1) is 0 Å². The minimum atomic E-state index is -0.288. The molecule has 3 N–H and O–H groups in total. The Hall–Kier alpha value is -1.89. The molecule has 7 nitrogen and oxygen atoms in total. The van der Waals surface area contributed by atoms with Gasteiger partial charge in [-0.25, -0.2) is 0 Å². The first kappa shape index (κ1) is 16.5. The molecule has 2 atom stereocenters. The third-order valence-electron chi connectivity index (χ3n) is 4.08. The van der Waals surface area contributed by atoms with Crippen LogP contribution in [0, 0.1) is 12.8 Å². The number of rotatable bonds is 7. The summed E-state index contributed by atoms with van der Waals surface area (Å²) in [5.74, 6) is 0.521. The molecular weight excluding hydrogens is 284 g/mol. The Kier molecular flexibility index (Phi) is 5.54. The van der Waals surface area contributed by atoms with Crippen LogP contribution < -0.4 is 11.1 Å². The quantitative estimate of drug-likeness (QED) is 0.790. The van der Waals surface area contributed by atoms with Crippen molar-refractivity contribution in [2.24, 2.45) is 11.7 Å². The number of carbonyl (C=O) groups excluding carboxylic acids is 2. The average Bonchev–Trinajstić information content (AvgIpc) is 3.09. The zero-order valence-electron chi connectivity index (χ0n) is 13.2. The van der Waals surface area contributed by atoms with Crippen LogP contribution in [0.4, 0.5) is 5.82 Å². The molecule has 0 unspecified atom stereocenters. The van der Waals surface area contributed by atoms with Gasteiger partial charge in [-0.2, -0.15) is 0 Å².